The molecule has 0 unspecified atom stereocenters. The van der Waals surface area contributed by atoms with Crippen LogP contribution in [0.2, 0.25) is 0 Å². The summed E-state index contributed by atoms with van der Waals surface area (Å²) in [5.74, 6) is 2.32. The minimum atomic E-state index is -3.76. The maximum absolute atomic E-state index is 11.7. The first-order valence-electron chi connectivity index (χ1n) is 10.1. The normalized spacial score (nSPS) is 13.6. The van der Waals surface area contributed by atoms with E-state index in [1.54, 1.807) is 19.2 Å². The Bertz CT molecular complexity index is 1470. The van der Waals surface area contributed by atoms with Gasteiger partial charge in [-0.1, -0.05) is 36.4 Å². The predicted molar refractivity (Wildman–Crippen MR) is 126 cm³/mol. The van der Waals surface area contributed by atoms with Crippen molar-refractivity contribution < 1.29 is 17.9 Å². The molecule has 1 aliphatic rings. The lowest BCUT2D eigenvalue weighted by atomic mass is 9.91. The number of nitrogens with two attached hydrogens (primary N) is 1. The summed E-state index contributed by atoms with van der Waals surface area (Å²) in [5.41, 5.74) is 3.96. The van der Waals surface area contributed by atoms with Crippen molar-refractivity contribution in [3.8, 4) is 11.5 Å². The number of hydrogen-bond acceptors (Lipinski definition) is 4. The van der Waals surface area contributed by atoms with Gasteiger partial charge in [0.25, 0.3) is 0 Å². The standard InChI is InChI=1S/C26H21NO4S/c1-30-22-11-8-18-14-20(7-6-19(18)15-22)24-16-21-4-2-3-5-25(21)31-26(24)17-9-12-23(13-10-17)32(27,28)29/h2-15H,16H2,1H3,(H2,27,28,29). The number of sulfonamides is 1. The van der Waals surface area contributed by atoms with E-state index in [1.165, 1.54) is 12.1 Å². The number of fused-ring (bicyclic) bond motifs is 2. The van der Waals surface area contributed by atoms with Gasteiger partial charge in [0.15, 0.2) is 0 Å². The van der Waals surface area contributed by atoms with E-state index in [2.05, 4.69) is 24.3 Å². The fourth-order valence-corrected chi connectivity index (χ4v) is 4.51. The molecule has 1 aliphatic heterocycles. The number of primary sulfonamides is 1. The molecule has 0 radical (unpaired) electrons. The number of hydrogen-bond donors (Lipinski definition) is 1. The minimum absolute atomic E-state index is 0.0688. The van der Waals surface area contributed by atoms with Crippen molar-refractivity contribution in [2.45, 2.75) is 11.3 Å². The summed E-state index contributed by atoms with van der Waals surface area (Å²) < 4.78 is 35.0. The summed E-state index contributed by atoms with van der Waals surface area (Å²) in [7, 11) is -2.10. The van der Waals surface area contributed by atoms with Crippen LogP contribution < -0.4 is 14.6 Å². The van der Waals surface area contributed by atoms with Gasteiger partial charge in [0, 0.05) is 17.6 Å². The van der Waals surface area contributed by atoms with Crippen LogP contribution in [0, 0.1) is 0 Å². The van der Waals surface area contributed by atoms with Gasteiger partial charge in [0.05, 0.1) is 12.0 Å². The van der Waals surface area contributed by atoms with Gasteiger partial charge < -0.3 is 9.47 Å². The van der Waals surface area contributed by atoms with Crippen molar-refractivity contribution in [2.75, 3.05) is 7.11 Å². The lowest BCUT2D eigenvalue weighted by Gasteiger charge is -2.24. The van der Waals surface area contributed by atoms with Gasteiger partial charge in [0.1, 0.15) is 17.3 Å². The van der Waals surface area contributed by atoms with E-state index in [0.717, 1.165) is 44.5 Å². The molecule has 0 saturated carbocycles. The van der Waals surface area contributed by atoms with E-state index >= 15 is 0 Å². The second-order valence-electron chi connectivity index (χ2n) is 7.69. The number of allylic oxidation sites excluding steroid dienone is 1. The number of methoxy groups -OCH3 is 1. The minimum Gasteiger partial charge on any atom is -0.497 e. The van der Waals surface area contributed by atoms with Crippen molar-refractivity contribution in [3.05, 3.63) is 102 Å². The Morgan fingerprint density at radius 3 is 2.28 bits per heavy atom. The molecule has 160 valence electrons. The molecule has 4 aromatic rings. The van der Waals surface area contributed by atoms with Crippen LogP contribution in [-0.4, -0.2) is 15.5 Å². The highest BCUT2D eigenvalue weighted by Gasteiger charge is 2.23. The maximum Gasteiger partial charge on any atom is 0.238 e. The van der Waals surface area contributed by atoms with Crippen LogP contribution in [0.4, 0.5) is 0 Å². The fraction of sp³-hybridized carbons (Fsp3) is 0.0769. The monoisotopic (exact) mass is 443 g/mol. The molecule has 5 rings (SSSR count). The van der Waals surface area contributed by atoms with Crippen LogP contribution in [0.3, 0.4) is 0 Å². The molecule has 32 heavy (non-hydrogen) atoms. The van der Waals surface area contributed by atoms with Crippen molar-refractivity contribution in [2.24, 2.45) is 5.14 Å². The predicted octanol–water partition coefficient (Wildman–Crippen LogP) is 5.00. The highest BCUT2D eigenvalue weighted by atomic mass is 32.2. The van der Waals surface area contributed by atoms with Crippen molar-refractivity contribution in [1.82, 2.24) is 0 Å². The molecule has 0 bridgehead atoms. The lowest BCUT2D eigenvalue weighted by molar-refractivity contribution is 0.415. The molecular weight excluding hydrogens is 422 g/mol. The summed E-state index contributed by atoms with van der Waals surface area (Å²) >= 11 is 0. The second-order valence-corrected chi connectivity index (χ2v) is 9.25. The zero-order chi connectivity index (χ0) is 22.3. The Morgan fingerprint density at radius 2 is 1.53 bits per heavy atom. The zero-order valence-electron chi connectivity index (χ0n) is 17.4. The summed E-state index contributed by atoms with van der Waals surface area (Å²) in [5, 5.41) is 7.44. The molecule has 0 spiro atoms. The Morgan fingerprint density at radius 1 is 0.844 bits per heavy atom. The second kappa shape index (κ2) is 7.82. The number of rotatable bonds is 4. The summed E-state index contributed by atoms with van der Waals surface area (Å²) in [6.45, 7) is 0. The Kier molecular flexibility index (Phi) is 4.96. The third kappa shape index (κ3) is 3.75. The molecule has 0 amide bonds. The average Bonchev–Trinajstić information content (AvgIpc) is 2.82. The first kappa shape index (κ1) is 20.3. The molecular formula is C26H21NO4S. The van der Waals surface area contributed by atoms with Gasteiger partial charge in [-0.2, -0.15) is 0 Å². The molecule has 6 heteroatoms. The zero-order valence-corrected chi connectivity index (χ0v) is 18.2. The van der Waals surface area contributed by atoms with Gasteiger partial charge in [-0.15, -0.1) is 0 Å². The van der Waals surface area contributed by atoms with Gasteiger partial charge >= 0.3 is 0 Å². The van der Waals surface area contributed by atoms with E-state index in [9.17, 15) is 8.42 Å². The van der Waals surface area contributed by atoms with Gasteiger partial charge in [0.2, 0.25) is 10.0 Å². The number of para-hydroxylation sites is 1. The van der Waals surface area contributed by atoms with Crippen LogP contribution >= 0.6 is 0 Å². The van der Waals surface area contributed by atoms with Crippen molar-refractivity contribution >= 4 is 32.1 Å². The topological polar surface area (TPSA) is 78.6 Å². The molecule has 2 N–H and O–H groups in total. The first-order valence-corrected chi connectivity index (χ1v) is 11.7. The summed E-state index contributed by atoms with van der Waals surface area (Å²) in [6, 6.07) is 26.7. The molecule has 0 atom stereocenters. The summed E-state index contributed by atoms with van der Waals surface area (Å²) in [6.07, 6.45) is 0.699. The van der Waals surface area contributed by atoms with Crippen LogP contribution in [0.5, 0.6) is 11.5 Å². The van der Waals surface area contributed by atoms with Crippen LogP contribution in [0.1, 0.15) is 16.7 Å². The van der Waals surface area contributed by atoms with Crippen molar-refractivity contribution in [3.63, 3.8) is 0 Å². The first-order chi connectivity index (χ1) is 15.4. The lowest BCUT2D eigenvalue weighted by Crippen LogP contribution is -2.12. The molecule has 0 fully saturated rings. The molecule has 5 nitrogen and oxygen atoms in total. The molecule has 1 heterocycles. The van der Waals surface area contributed by atoms with Crippen LogP contribution in [0.15, 0.2) is 89.8 Å². The van der Waals surface area contributed by atoms with E-state index in [4.69, 9.17) is 14.6 Å². The van der Waals surface area contributed by atoms with Gasteiger partial charge in [-0.25, -0.2) is 13.6 Å². The molecule has 0 aliphatic carbocycles. The van der Waals surface area contributed by atoms with Gasteiger partial charge in [-0.05, 0) is 70.4 Å². The van der Waals surface area contributed by atoms with E-state index in [1.807, 2.05) is 36.4 Å². The smallest absolute Gasteiger partial charge is 0.238 e. The average molecular weight is 444 g/mol. The highest BCUT2D eigenvalue weighted by Crippen LogP contribution is 2.40. The number of benzene rings is 4. The van der Waals surface area contributed by atoms with E-state index in [0.29, 0.717) is 12.2 Å². The third-order valence-electron chi connectivity index (χ3n) is 5.67. The van der Waals surface area contributed by atoms with Crippen LogP contribution in [0.25, 0.3) is 22.1 Å². The summed E-state index contributed by atoms with van der Waals surface area (Å²) in [4.78, 5) is 0.0688. The van der Waals surface area contributed by atoms with Crippen LogP contribution in [-0.2, 0) is 16.4 Å². The fourth-order valence-electron chi connectivity index (χ4n) is 3.99. The quantitative estimate of drug-likeness (QED) is 0.481. The Balaban J connectivity index is 1.66. The number of ether oxygens (including phenoxy) is 2. The molecule has 0 saturated heterocycles. The largest absolute Gasteiger partial charge is 0.497 e. The Hall–Kier alpha value is -3.61. The van der Waals surface area contributed by atoms with E-state index < -0.39 is 10.0 Å². The molecule has 0 aromatic heterocycles. The SMILES string of the molecule is COc1ccc2cc(C3=C(c4ccc(S(N)(=O)=O)cc4)Oc4ccccc4C3)ccc2c1. The maximum atomic E-state index is 11.7. The molecule has 4 aromatic carbocycles. The Labute approximate surface area is 186 Å². The highest BCUT2D eigenvalue weighted by molar-refractivity contribution is 7.89. The van der Waals surface area contributed by atoms with Gasteiger partial charge in [-0.3, -0.25) is 0 Å². The van der Waals surface area contributed by atoms with Crippen molar-refractivity contribution in [1.29, 1.82) is 0 Å². The van der Waals surface area contributed by atoms with E-state index in [-0.39, 0.29) is 4.90 Å². The third-order valence-corrected chi connectivity index (χ3v) is 6.60.